The first kappa shape index (κ1) is 22.9. The van der Waals surface area contributed by atoms with E-state index in [2.05, 4.69) is 24.7 Å². The number of aromatic nitrogens is 2. The minimum absolute atomic E-state index is 0.121. The van der Waals surface area contributed by atoms with Crippen molar-refractivity contribution in [2.45, 2.75) is 17.4 Å². The molecule has 0 unspecified atom stereocenters. The lowest BCUT2D eigenvalue weighted by atomic mass is 10.2. The predicted molar refractivity (Wildman–Crippen MR) is 105 cm³/mol. The van der Waals surface area contributed by atoms with Crippen LogP contribution in [0.4, 0.5) is 29.2 Å². The van der Waals surface area contributed by atoms with Crippen LogP contribution < -0.4 is 14.8 Å². The fourth-order valence-corrected chi connectivity index (χ4v) is 3.31. The van der Waals surface area contributed by atoms with Gasteiger partial charge in [-0.25, -0.2) is 23.1 Å². The number of nitrogens with zero attached hydrogens (tertiary/aromatic N) is 2. The molecule has 1 aromatic heterocycles. The van der Waals surface area contributed by atoms with E-state index in [0.29, 0.717) is 0 Å². The number of nitrogens with one attached hydrogen (secondary N) is 2. The van der Waals surface area contributed by atoms with E-state index in [-0.39, 0.29) is 22.1 Å². The molecule has 0 aliphatic rings. The van der Waals surface area contributed by atoms with Gasteiger partial charge in [-0.3, -0.25) is 4.79 Å². The lowest BCUT2D eigenvalue weighted by molar-refractivity contribution is -0.253. The van der Waals surface area contributed by atoms with Crippen LogP contribution in [-0.4, -0.2) is 36.8 Å². The topological polar surface area (TPSA) is 110 Å². The molecule has 0 saturated carbocycles. The number of carbonyl (C=O) groups excluding carboxylic acids is 1. The number of benzene rings is 2. The number of halogens is 4. The maximum Gasteiger partial charge on any atom is 0.461 e. The molecule has 0 spiro atoms. The summed E-state index contributed by atoms with van der Waals surface area (Å²) in [6.07, 6.45) is -6.04. The summed E-state index contributed by atoms with van der Waals surface area (Å²) in [6.45, 7) is 0. The molecule has 0 aliphatic heterocycles. The smallest absolute Gasteiger partial charge is 0.428 e. The first-order valence-corrected chi connectivity index (χ1v) is 10.2. The van der Waals surface area contributed by atoms with Crippen molar-refractivity contribution in [3.05, 3.63) is 72.6 Å². The van der Waals surface area contributed by atoms with E-state index >= 15 is 0 Å². The van der Waals surface area contributed by atoms with E-state index in [0.717, 1.165) is 12.1 Å². The second-order valence-electron chi connectivity index (χ2n) is 6.15. The SMILES string of the molecule is O=C(Nc1ccc(S(=O)(=O)Nc2ncccn2)cc1)c1cccc(OC(F)(F)C(F)F)c1. The molecule has 168 valence electrons. The summed E-state index contributed by atoms with van der Waals surface area (Å²) in [5.74, 6) is -1.51. The van der Waals surface area contributed by atoms with Crippen molar-refractivity contribution >= 4 is 27.6 Å². The van der Waals surface area contributed by atoms with E-state index in [1.54, 1.807) is 0 Å². The molecule has 0 aliphatic carbocycles. The maximum atomic E-state index is 13.0. The normalized spacial score (nSPS) is 11.8. The van der Waals surface area contributed by atoms with Crippen molar-refractivity contribution in [3.8, 4) is 5.75 Å². The van der Waals surface area contributed by atoms with Gasteiger partial charge in [-0.15, -0.1) is 0 Å². The van der Waals surface area contributed by atoms with Crippen molar-refractivity contribution < 1.29 is 35.5 Å². The van der Waals surface area contributed by atoms with E-state index in [4.69, 9.17) is 0 Å². The largest absolute Gasteiger partial charge is 0.461 e. The highest BCUT2D eigenvalue weighted by Gasteiger charge is 2.44. The molecule has 0 atom stereocenters. The van der Waals surface area contributed by atoms with Crippen molar-refractivity contribution in [1.29, 1.82) is 0 Å². The number of anilines is 2. The molecule has 0 radical (unpaired) electrons. The first-order chi connectivity index (χ1) is 15.1. The number of amides is 1. The third kappa shape index (κ3) is 5.69. The second-order valence-corrected chi connectivity index (χ2v) is 7.83. The summed E-state index contributed by atoms with van der Waals surface area (Å²) < 4.78 is 81.5. The van der Waals surface area contributed by atoms with Crippen LogP contribution in [0, 0.1) is 0 Å². The molecule has 2 aromatic carbocycles. The summed E-state index contributed by atoms with van der Waals surface area (Å²) in [6, 6.07) is 10.8. The fourth-order valence-electron chi connectivity index (χ4n) is 2.35. The second kappa shape index (κ2) is 9.18. The lowest BCUT2D eigenvalue weighted by Gasteiger charge is -2.17. The van der Waals surface area contributed by atoms with Crippen LogP contribution in [0.5, 0.6) is 5.75 Å². The van der Waals surface area contributed by atoms with Gasteiger partial charge < -0.3 is 10.1 Å². The third-order valence-corrected chi connectivity index (χ3v) is 5.16. The minimum atomic E-state index is -4.71. The first-order valence-electron chi connectivity index (χ1n) is 8.73. The van der Waals surface area contributed by atoms with Crippen molar-refractivity contribution in [2.24, 2.45) is 0 Å². The standard InChI is InChI=1S/C19H14F4N4O4S/c20-17(21)19(22,23)31-14-4-1-3-12(11-14)16(28)26-13-5-7-15(8-6-13)32(29,30)27-18-24-9-2-10-25-18/h1-11,17H,(H,26,28)(H,24,25,27). The van der Waals surface area contributed by atoms with Crippen LogP contribution in [0.2, 0.25) is 0 Å². The van der Waals surface area contributed by atoms with Gasteiger partial charge in [0.05, 0.1) is 4.90 Å². The summed E-state index contributed by atoms with van der Waals surface area (Å²) in [5.41, 5.74) is 0.0429. The molecule has 2 N–H and O–H groups in total. The summed E-state index contributed by atoms with van der Waals surface area (Å²) >= 11 is 0. The Kier molecular flexibility index (Phi) is 6.58. The van der Waals surface area contributed by atoms with Gasteiger partial charge in [-0.05, 0) is 48.5 Å². The number of rotatable bonds is 8. The Morgan fingerprint density at radius 3 is 2.28 bits per heavy atom. The number of hydrogen-bond donors (Lipinski definition) is 2. The van der Waals surface area contributed by atoms with Gasteiger partial charge in [0.1, 0.15) is 5.75 Å². The van der Waals surface area contributed by atoms with Crippen LogP contribution in [0.1, 0.15) is 10.4 Å². The molecule has 32 heavy (non-hydrogen) atoms. The summed E-state index contributed by atoms with van der Waals surface area (Å²) in [7, 11) is -3.98. The molecular formula is C19H14F4N4O4S. The van der Waals surface area contributed by atoms with Crippen molar-refractivity contribution in [1.82, 2.24) is 9.97 Å². The summed E-state index contributed by atoms with van der Waals surface area (Å²) in [4.78, 5) is 19.7. The number of sulfonamides is 1. The lowest BCUT2D eigenvalue weighted by Crippen LogP contribution is -2.33. The predicted octanol–water partition coefficient (Wildman–Crippen LogP) is 3.77. The van der Waals surface area contributed by atoms with Crippen LogP contribution in [0.25, 0.3) is 0 Å². The molecule has 3 rings (SSSR count). The van der Waals surface area contributed by atoms with Crippen LogP contribution in [-0.2, 0) is 10.0 Å². The number of alkyl halides is 4. The Hall–Kier alpha value is -3.74. The van der Waals surface area contributed by atoms with Gasteiger partial charge in [0.25, 0.3) is 15.9 Å². The molecule has 1 amide bonds. The minimum Gasteiger partial charge on any atom is -0.428 e. The fraction of sp³-hybridized carbons (Fsp3) is 0.105. The number of hydrogen-bond acceptors (Lipinski definition) is 6. The molecule has 3 aromatic rings. The monoisotopic (exact) mass is 470 g/mol. The van der Waals surface area contributed by atoms with Crippen molar-refractivity contribution in [2.75, 3.05) is 10.0 Å². The zero-order valence-electron chi connectivity index (χ0n) is 15.9. The van der Waals surface area contributed by atoms with Crippen molar-refractivity contribution in [3.63, 3.8) is 0 Å². The average molecular weight is 470 g/mol. The quantitative estimate of drug-likeness (QED) is 0.485. The Morgan fingerprint density at radius 2 is 1.66 bits per heavy atom. The zero-order chi connectivity index (χ0) is 23.4. The zero-order valence-corrected chi connectivity index (χ0v) is 16.7. The third-order valence-electron chi connectivity index (χ3n) is 3.82. The van der Waals surface area contributed by atoms with Crippen LogP contribution >= 0.6 is 0 Å². The van der Waals surface area contributed by atoms with Crippen LogP contribution in [0.15, 0.2) is 71.9 Å². The van der Waals surface area contributed by atoms with Gasteiger partial charge in [0.15, 0.2) is 0 Å². The van der Waals surface area contributed by atoms with E-state index < -0.39 is 34.2 Å². The highest BCUT2D eigenvalue weighted by atomic mass is 32.2. The van der Waals surface area contributed by atoms with Crippen LogP contribution in [0.3, 0.4) is 0 Å². The molecule has 1 heterocycles. The Labute approximate surface area is 179 Å². The Bertz CT molecular complexity index is 1190. The Balaban J connectivity index is 1.69. The van der Waals surface area contributed by atoms with Gasteiger partial charge in [-0.2, -0.15) is 17.6 Å². The van der Waals surface area contributed by atoms with Gasteiger partial charge in [0, 0.05) is 23.6 Å². The molecular weight excluding hydrogens is 456 g/mol. The molecule has 0 saturated heterocycles. The molecule has 0 bridgehead atoms. The maximum absolute atomic E-state index is 13.0. The summed E-state index contributed by atoms with van der Waals surface area (Å²) in [5, 5.41) is 2.43. The Morgan fingerprint density at radius 1 is 1.00 bits per heavy atom. The molecule has 8 nitrogen and oxygen atoms in total. The van der Waals surface area contributed by atoms with Gasteiger partial charge in [-0.1, -0.05) is 6.07 Å². The highest BCUT2D eigenvalue weighted by molar-refractivity contribution is 7.92. The molecule has 0 fully saturated rings. The van der Waals surface area contributed by atoms with Gasteiger partial charge in [0.2, 0.25) is 5.95 Å². The van der Waals surface area contributed by atoms with E-state index in [9.17, 15) is 30.8 Å². The van der Waals surface area contributed by atoms with Gasteiger partial charge >= 0.3 is 12.5 Å². The number of ether oxygens (including phenoxy) is 1. The highest BCUT2D eigenvalue weighted by Crippen LogP contribution is 2.28. The molecule has 13 heteroatoms. The number of carbonyl (C=O) groups is 1. The van der Waals surface area contributed by atoms with E-state index in [1.807, 2.05) is 0 Å². The van der Waals surface area contributed by atoms with E-state index in [1.165, 1.54) is 54.9 Å². The average Bonchev–Trinajstić information content (AvgIpc) is 2.74.